The van der Waals surface area contributed by atoms with E-state index in [1.165, 1.54) is 4.68 Å². The number of anilines is 1. The third-order valence-corrected chi connectivity index (χ3v) is 4.09. The van der Waals surface area contributed by atoms with Crippen LogP contribution in [0.3, 0.4) is 0 Å². The molecule has 7 heteroatoms. The summed E-state index contributed by atoms with van der Waals surface area (Å²) in [5.41, 5.74) is 8.89. The van der Waals surface area contributed by atoms with Gasteiger partial charge in [0.2, 0.25) is 0 Å². The van der Waals surface area contributed by atoms with Crippen LogP contribution in [0, 0.1) is 6.92 Å². The quantitative estimate of drug-likeness (QED) is 0.695. The van der Waals surface area contributed by atoms with Gasteiger partial charge in [0.05, 0.1) is 11.4 Å². The number of hydrogen-bond donors (Lipinski definition) is 2. The molecule has 0 spiro atoms. The number of nitrogens with two attached hydrogens (primary N) is 1. The maximum Gasteiger partial charge on any atom is 0.279 e. The number of benzene rings is 2. The molecular formula is C19H15N5O2. The smallest absolute Gasteiger partial charge is 0.279 e. The van der Waals surface area contributed by atoms with Crippen molar-refractivity contribution in [1.29, 1.82) is 0 Å². The predicted octanol–water partition coefficient (Wildman–Crippen LogP) is 2.15. The number of hydrogen-bond acceptors (Lipinski definition) is 5. The van der Waals surface area contributed by atoms with Crippen LogP contribution >= 0.6 is 0 Å². The van der Waals surface area contributed by atoms with Gasteiger partial charge < -0.3 is 5.73 Å². The molecule has 0 bridgehead atoms. The van der Waals surface area contributed by atoms with E-state index in [2.05, 4.69) is 15.4 Å². The molecule has 0 aliphatic carbocycles. The molecule has 0 unspecified atom stereocenters. The van der Waals surface area contributed by atoms with Gasteiger partial charge in [0.15, 0.2) is 5.71 Å². The zero-order chi connectivity index (χ0) is 18.3. The summed E-state index contributed by atoms with van der Waals surface area (Å²) < 4.78 is 1.44. The van der Waals surface area contributed by atoms with Crippen LogP contribution < -0.4 is 11.1 Å². The monoisotopic (exact) mass is 345 g/mol. The topological polar surface area (TPSA) is 102 Å². The number of carbonyl (C=O) groups excluding carboxylic acids is 2. The first-order valence-electron chi connectivity index (χ1n) is 8.00. The molecule has 7 nitrogen and oxygen atoms in total. The summed E-state index contributed by atoms with van der Waals surface area (Å²) in [7, 11) is 0. The molecule has 0 fully saturated rings. The summed E-state index contributed by atoms with van der Waals surface area (Å²) in [6, 6.07) is 16.5. The third-order valence-electron chi connectivity index (χ3n) is 4.09. The highest BCUT2D eigenvalue weighted by molar-refractivity contribution is 6.51. The van der Waals surface area contributed by atoms with Crippen molar-refractivity contribution in [3.05, 3.63) is 71.4 Å². The van der Waals surface area contributed by atoms with Crippen molar-refractivity contribution >= 4 is 29.0 Å². The number of rotatable bonds is 2. The van der Waals surface area contributed by atoms with Gasteiger partial charge in [0.25, 0.3) is 11.8 Å². The number of nitrogens with one attached hydrogen (secondary N) is 1. The Balaban J connectivity index is 1.90. The van der Waals surface area contributed by atoms with E-state index in [0.717, 1.165) is 5.56 Å². The van der Waals surface area contributed by atoms with Gasteiger partial charge in [0, 0.05) is 0 Å². The van der Waals surface area contributed by atoms with E-state index in [9.17, 15) is 9.59 Å². The average molecular weight is 345 g/mol. The molecule has 1 aliphatic rings. The molecule has 0 atom stereocenters. The zero-order valence-corrected chi connectivity index (χ0v) is 13.9. The minimum atomic E-state index is -0.596. The average Bonchev–Trinajstić information content (AvgIpc) is 2.99. The number of para-hydroxylation sites is 1. The summed E-state index contributed by atoms with van der Waals surface area (Å²) in [4.78, 5) is 29.0. The van der Waals surface area contributed by atoms with E-state index in [4.69, 9.17) is 5.73 Å². The molecule has 2 amide bonds. The van der Waals surface area contributed by atoms with Gasteiger partial charge in [-0.15, -0.1) is 0 Å². The van der Waals surface area contributed by atoms with E-state index in [-0.39, 0.29) is 22.8 Å². The van der Waals surface area contributed by atoms with Crippen LogP contribution in [0.1, 0.15) is 21.6 Å². The highest BCUT2D eigenvalue weighted by atomic mass is 16.2. The molecule has 1 aromatic heterocycles. The molecule has 0 saturated heterocycles. The number of aryl methyl sites for hydroxylation is 1. The second-order valence-electron chi connectivity index (χ2n) is 5.94. The van der Waals surface area contributed by atoms with E-state index in [1.807, 2.05) is 49.4 Å². The van der Waals surface area contributed by atoms with Crippen molar-refractivity contribution in [2.75, 3.05) is 5.73 Å². The maximum absolute atomic E-state index is 12.3. The Labute approximate surface area is 149 Å². The summed E-state index contributed by atoms with van der Waals surface area (Å²) >= 11 is 0. The van der Waals surface area contributed by atoms with Crippen molar-refractivity contribution in [3.63, 3.8) is 0 Å². The lowest BCUT2D eigenvalue weighted by atomic mass is 10.1. The number of fused-ring (bicyclic) bond motifs is 1. The van der Waals surface area contributed by atoms with E-state index < -0.39 is 11.8 Å². The van der Waals surface area contributed by atoms with Crippen molar-refractivity contribution in [2.24, 2.45) is 4.99 Å². The van der Waals surface area contributed by atoms with Crippen LogP contribution in [-0.2, 0) is 4.79 Å². The van der Waals surface area contributed by atoms with Crippen molar-refractivity contribution in [3.8, 4) is 5.69 Å². The minimum Gasteiger partial charge on any atom is -0.383 e. The molecule has 3 aromatic rings. The zero-order valence-electron chi connectivity index (χ0n) is 13.9. The van der Waals surface area contributed by atoms with E-state index in [0.29, 0.717) is 11.4 Å². The maximum atomic E-state index is 12.3. The lowest BCUT2D eigenvalue weighted by Gasteiger charge is -2.12. The fraction of sp³-hybridized carbons (Fsp3) is 0.0526. The van der Waals surface area contributed by atoms with Gasteiger partial charge in [-0.2, -0.15) is 5.10 Å². The van der Waals surface area contributed by atoms with Crippen LogP contribution in [0.2, 0.25) is 0 Å². The predicted molar refractivity (Wildman–Crippen MR) is 97.8 cm³/mol. The fourth-order valence-corrected chi connectivity index (χ4v) is 2.77. The Hall–Kier alpha value is -3.74. The SMILES string of the molecule is Cc1ccc(N=C2C(=O)NC(=O)c3c2nn(-c2ccccc2)c3N)cc1. The van der Waals surface area contributed by atoms with Crippen molar-refractivity contribution in [2.45, 2.75) is 6.92 Å². The lowest BCUT2D eigenvalue weighted by Crippen LogP contribution is -2.42. The summed E-state index contributed by atoms with van der Waals surface area (Å²) in [6.07, 6.45) is 0. The first-order valence-corrected chi connectivity index (χ1v) is 8.00. The van der Waals surface area contributed by atoms with Crippen LogP contribution in [0.15, 0.2) is 59.6 Å². The van der Waals surface area contributed by atoms with Crippen LogP contribution in [-0.4, -0.2) is 27.3 Å². The Kier molecular flexibility index (Phi) is 3.62. The molecule has 0 radical (unpaired) electrons. The van der Waals surface area contributed by atoms with Gasteiger partial charge in [-0.1, -0.05) is 35.9 Å². The molecule has 26 heavy (non-hydrogen) atoms. The minimum absolute atomic E-state index is 0.0600. The molecule has 2 heterocycles. The number of nitrogen functional groups attached to an aromatic ring is 1. The summed E-state index contributed by atoms with van der Waals surface area (Å²) in [6.45, 7) is 1.96. The first-order chi connectivity index (χ1) is 12.5. The van der Waals surface area contributed by atoms with Crippen LogP contribution in [0.4, 0.5) is 11.5 Å². The molecule has 1 aliphatic heterocycles. The molecular weight excluding hydrogens is 330 g/mol. The fourth-order valence-electron chi connectivity index (χ4n) is 2.77. The van der Waals surface area contributed by atoms with Crippen LogP contribution in [0.5, 0.6) is 0 Å². The Morgan fingerprint density at radius 2 is 1.69 bits per heavy atom. The van der Waals surface area contributed by atoms with Gasteiger partial charge in [-0.25, -0.2) is 9.67 Å². The number of aliphatic imine (C=N–C) groups is 1. The van der Waals surface area contributed by atoms with Gasteiger partial charge >= 0.3 is 0 Å². The lowest BCUT2D eigenvalue weighted by molar-refractivity contribution is -0.114. The largest absolute Gasteiger partial charge is 0.383 e. The molecule has 128 valence electrons. The number of carbonyl (C=O) groups is 2. The van der Waals surface area contributed by atoms with Crippen molar-refractivity contribution in [1.82, 2.24) is 15.1 Å². The number of imide groups is 1. The molecule has 2 aromatic carbocycles. The number of aromatic nitrogens is 2. The number of amides is 2. The van der Waals surface area contributed by atoms with Crippen LogP contribution in [0.25, 0.3) is 5.69 Å². The molecule has 4 rings (SSSR count). The Bertz CT molecular complexity index is 1050. The third kappa shape index (κ3) is 2.55. The Morgan fingerprint density at radius 1 is 1.00 bits per heavy atom. The first kappa shape index (κ1) is 15.8. The second-order valence-corrected chi connectivity index (χ2v) is 5.94. The number of nitrogens with zero attached hydrogens (tertiary/aromatic N) is 3. The molecule has 3 N–H and O–H groups in total. The normalized spacial score (nSPS) is 15.0. The highest BCUT2D eigenvalue weighted by Gasteiger charge is 2.35. The van der Waals surface area contributed by atoms with Gasteiger partial charge in [-0.05, 0) is 31.2 Å². The standard InChI is InChI=1S/C19H15N5O2/c1-11-7-9-12(10-8-11)21-16-15-14(18(25)22-19(16)26)17(20)24(23-15)13-5-3-2-4-6-13/h2-10H,20H2,1H3,(H,22,25,26). The Morgan fingerprint density at radius 3 is 2.38 bits per heavy atom. The van der Waals surface area contributed by atoms with E-state index >= 15 is 0 Å². The van der Waals surface area contributed by atoms with Gasteiger partial charge in [-0.3, -0.25) is 14.9 Å². The molecule has 0 saturated carbocycles. The highest BCUT2D eigenvalue weighted by Crippen LogP contribution is 2.26. The van der Waals surface area contributed by atoms with Crippen molar-refractivity contribution < 1.29 is 9.59 Å². The summed E-state index contributed by atoms with van der Waals surface area (Å²) in [5, 5.41) is 6.68. The second kappa shape index (κ2) is 5.96. The van der Waals surface area contributed by atoms with Gasteiger partial charge in [0.1, 0.15) is 17.1 Å². The van der Waals surface area contributed by atoms with E-state index in [1.54, 1.807) is 12.1 Å². The summed E-state index contributed by atoms with van der Waals surface area (Å²) in [5.74, 6) is -1.01.